The number of hydrogen-bond donors (Lipinski definition) is 2. The van der Waals surface area contributed by atoms with Gasteiger partial charge in [0.05, 0.1) is 0 Å². The Balaban J connectivity index is 1.46. The van der Waals surface area contributed by atoms with Gasteiger partial charge in [0.25, 0.3) is 0 Å². The van der Waals surface area contributed by atoms with E-state index in [9.17, 15) is 8.78 Å². The van der Waals surface area contributed by atoms with Gasteiger partial charge in [-0.15, -0.1) is 10.2 Å². The quantitative estimate of drug-likeness (QED) is 0.353. The number of para-hydroxylation sites is 1. The Labute approximate surface area is 161 Å². The number of pyridine rings is 1. The molecule has 0 atom stereocenters. The Kier molecular flexibility index (Phi) is 6.72. The summed E-state index contributed by atoms with van der Waals surface area (Å²) in [5.41, 5.74) is 1.45. The van der Waals surface area contributed by atoms with Crippen molar-refractivity contribution in [3.05, 3.63) is 60.0 Å². The first-order valence-electron chi connectivity index (χ1n) is 8.93. The number of aliphatic imine (C=N–C) groups is 1. The highest BCUT2D eigenvalue weighted by molar-refractivity contribution is 5.79. The van der Waals surface area contributed by atoms with Crippen LogP contribution >= 0.6 is 0 Å². The summed E-state index contributed by atoms with van der Waals surface area (Å²) in [5.74, 6) is 1.63. The van der Waals surface area contributed by atoms with Gasteiger partial charge in [-0.1, -0.05) is 24.3 Å². The molecule has 1 aromatic carbocycles. The van der Waals surface area contributed by atoms with Crippen LogP contribution in [0.15, 0.2) is 53.7 Å². The highest BCUT2D eigenvalue weighted by Crippen LogP contribution is 2.19. The van der Waals surface area contributed by atoms with Crippen LogP contribution in [-0.4, -0.2) is 40.8 Å². The van der Waals surface area contributed by atoms with E-state index >= 15 is 0 Å². The van der Waals surface area contributed by atoms with Gasteiger partial charge in [-0.25, -0.2) is 0 Å². The molecule has 2 aromatic heterocycles. The molecule has 0 aliphatic heterocycles. The molecule has 0 aliphatic carbocycles. The summed E-state index contributed by atoms with van der Waals surface area (Å²) in [6.07, 6.45) is 3.54. The molecule has 0 amide bonds. The lowest BCUT2D eigenvalue weighted by Crippen LogP contribution is -2.37. The summed E-state index contributed by atoms with van der Waals surface area (Å²) in [4.78, 5) is 4.15. The van der Waals surface area contributed by atoms with Crippen LogP contribution in [0.5, 0.6) is 5.75 Å². The van der Waals surface area contributed by atoms with Gasteiger partial charge in [0.1, 0.15) is 11.6 Å². The lowest BCUT2D eigenvalue weighted by Gasteiger charge is -2.14. The summed E-state index contributed by atoms with van der Waals surface area (Å²) < 4.78 is 31.5. The third kappa shape index (κ3) is 5.15. The molecule has 0 fully saturated rings. The molecule has 28 heavy (non-hydrogen) atoms. The number of guanidine groups is 1. The zero-order chi connectivity index (χ0) is 19.8. The molecule has 148 valence electrons. The second-order valence-electron chi connectivity index (χ2n) is 5.99. The van der Waals surface area contributed by atoms with Gasteiger partial charge in [0.2, 0.25) is 0 Å². The minimum Gasteiger partial charge on any atom is -0.434 e. The van der Waals surface area contributed by atoms with Crippen molar-refractivity contribution in [1.82, 2.24) is 25.2 Å². The predicted octanol–water partition coefficient (Wildman–Crippen LogP) is 2.63. The molecular weight excluding hydrogens is 366 g/mol. The van der Waals surface area contributed by atoms with E-state index < -0.39 is 6.61 Å². The predicted molar refractivity (Wildman–Crippen MR) is 103 cm³/mol. The Hall–Kier alpha value is -3.23. The normalized spacial score (nSPS) is 11.8. The minimum absolute atomic E-state index is 0.152. The number of aryl methyl sites for hydroxylation is 1. The topological polar surface area (TPSA) is 75.8 Å². The van der Waals surface area contributed by atoms with Crippen molar-refractivity contribution in [3.63, 3.8) is 0 Å². The molecule has 0 unspecified atom stereocenters. The van der Waals surface area contributed by atoms with Gasteiger partial charge in [-0.2, -0.15) is 8.78 Å². The molecule has 0 spiro atoms. The van der Waals surface area contributed by atoms with E-state index in [1.165, 1.54) is 6.07 Å². The van der Waals surface area contributed by atoms with Gasteiger partial charge in [0.15, 0.2) is 11.6 Å². The first-order chi connectivity index (χ1) is 13.7. The molecule has 0 aliphatic rings. The third-order valence-corrected chi connectivity index (χ3v) is 4.11. The summed E-state index contributed by atoms with van der Waals surface area (Å²) >= 11 is 0. The third-order valence-electron chi connectivity index (χ3n) is 4.11. The highest BCUT2D eigenvalue weighted by atomic mass is 19.3. The molecule has 7 nitrogen and oxygen atoms in total. The number of alkyl halides is 2. The zero-order valence-electron chi connectivity index (χ0n) is 15.5. The highest BCUT2D eigenvalue weighted by Gasteiger charge is 2.09. The monoisotopic (exact) mass is 388 g/mol. The summed E-state index contributed by atoms with van der Waals surface area (Å²) in [7, 11) is 1.66. The minimum atomic E-state index is -2.85. The van der Waals surface area contributed by atoms with E-state index in [-0.39, 0.29) is 5.75 Å². The SMILES string of the molecule is CN=C(NCCCc1nnc2ccccn12)NCc1ccccc1OC(F)F. The average molecular weight is 388 g/mol. The van der Waals surface area contributed by atoms with E-state index in [2.05, 4.69) is 30.6 Å². The number of fused-ring (bicyclic) bond motifs is 1. The number of benzene rings is 1. The Morgan fingerprint density at radius 3 is 2.79 bits per heavy atom. The van der Waals surface area contributed by atoms with Crippen molar-refractivity contribution in [2.45, 2.75) is 26.0 Å². The lowest BCUT2D eigenvalue weighted by atomic mass is 10.2. The smallest absolute Gasteiger partial charge is 0.387 e. The largest absolute Gasteiger partial charge is 0.434 e. The maximum Gasteiger partial charge on any atom is 0.387 e. The number of nitrogens with one attached hydrogen (secondary N) is 2. The van der Waals surface area contributed by atoms with Crippen LogP contribution < -0.4 is 15.4 Å². The molecule has 3 rings (SSSR count). The van der Waals surface area contributed by atoms with Crippen LogP contribution in [0.2, 0.25) is 0 Å². The lowest BCUT2D eigenvalue weighted by molar-refractivity contribution is -0.0504. The molecule has 3 aromatic rings. The fraction of sp³-hybridized carbons (Fsp3) is 0.316. The number of nitrogens with zero attached hydrogens (tertiary/aromatic N) is 4. The van der Waals surface area contributed by atoms with Gasteiger partial charge in [0, 0.05) is 38.3 Å². The van der Waals surface area contributed by atoms with Crippen molar-refractivity contribution >= 4 is 11.6 Å². The van der Waals surface area contributed by atoms with E-state index in [0.29, 0.717) is 24.6 Å². The fourth-order valence-corrected chi connectivity index (χ4v) is 2.78. The first kappa shape index (κ1) is 19.5. The van der Waals surface area contributed by atoms with E-state index in [1.54, 1.807) is 25.2 Å². The van der Waals surface area contributed by atoms with Gasteiger partial charge >= 0.3 is 6.61 Å². The zero-order valence-corrected chi connectivity index (χ0v) is 15.5. The molecule has 9 heteroatoms. The number of hydrogen-bond acceptors (Lipinski definition) is 4. The summed E-state index contributed by atoms with van der Waals surface area (Å²) in [6, 6.07) is 12.5. The average Bonchev–Trinajstić information content (AvgIpc) is 3.11. The van der Waals surface area contributed by atoms with Crippen molar-refractivity contribution in [1.29, 1.82) is 0 Å². The van der Waals surface area contributed by atoms with Crippen LogP contribution in [-0.2, 0) is 13.0 Å². The molecule has 0 saturated carbocycles. The van der Waals surface area contributed by atoms with Crippen molar-refractivity contribution in [2.75, 3.05) is 13.6 Å². The van der Waals surface area contributed by atoms with Crippen LogP contribution in [0.4, 0.5) is 8.78 Å². The van der Waals surface area contributed by atoms with E-state index in [0.717, 1.165) is 24.3 Å². The molecular formula is C19H22F2N6O. The maximum atomic E-state index is 12.5. The molecule has 2 N–H and O–H groups in total. The number of ether oxygens (including phenoxy) is 1. The second-order valence-corrected chi connectivity index (χ2v) is 5.99. The summed E-state index contributed by atoms with van der Waals surface area (Å²) in [6.45, 7) is -1.86. The van der Waals surface area contributed by atoms with Crippen LogP contribution in [0.1, 0.15) is 17.8 Å². The summed E-state index contributed by atoms with van der Waals surface area (Å²) in [5, 5.41) is 14.6. The standard InChI is InChI=1S/C19H22F2N6O/c1-22-19(24-13-14-7-2-3-8-15(14)28-18(20)21)23-11-6-10-17-26-25-16-9-4-5-12-27(16)17/h2-5,7-9,12,18H,6,10-11,13H2,1H3,(H2,22,23,24). The van der Waals surface area contributed by atoms with Crippen LogP contribution in [0.25, 0.3) is 5.65 Å². The molecule has 2 heterocycles. The van der Waals surface area contributed by atoms with Crippen molar-refractivity contribution in [2.24, 2.45) is 4.99 Å². The van der Waals surface area contributed by atoms with Crippen LogP contribution in [0, 0.1) is 0 Å². The van der Waals surface area contributed by atoms with Gasteiger partial charge < -0.3 is 15.4 Å². The first-order valence-corrected chi connectivity index (χ1v) is 8.93. The molecule has 0 bridgehead atoms. The molecule has 0 saturated heterocycles. The number of halogens is 2. The Morgan fingerprint density at radius 1 is 1.14 bits per heavy atom. The van der Waals surface area contributed by atoms with E-state index in [1.807, 2.05) is 28.8 Å². The molecule has 0 radical (unpaired) electrons. The number of aromatic nitrogens is 3. The Bertz CT molecular complexity index is 927. The van der Waals surface area contributed by atoms with Crippen molar-refractivity contribution in [3.8, 4) is 5.75 Å². The van der Waals surface area contributed by atoms with E-state index in [4.69, 9.17) is 0 Å². The Morgan fingerprint density at radius 2 is 1.96 bits per heavy atom. The number of rotatable bonds is 8. The van der Waals surface area contributed by atoms with Crippen LogP contribution in [0.3, 0.4) is 0 Å². The van der Waals surface area contributed by atoms with Gasteiger partial charge in [-0.05, 0) is 24.6 Å². The van der Waals surface area contributed by atoms with Gasteiger partial charge in [-0.3, -0.25) is 9.39 Å². The second kappa shape index (κ2) is 9.63. The fourth-order valence-electron chi connectivity index (χ4n) is 2.78. The maximum absolute atomic E-state index is 12.5. The van der Waals surface area contributed by atoms with Crippen molar-refractivity contribution < 1.29 is 13.5 Å².